The monoisotopic (exact) mass is 223 g/mol. The van der Waals surface area contributed by atoms with Gasteiger partial charge in [0.05, 0.1) is 6.61 Å². The van der Waals surface area contributed by atoms with Crippen LogP contribution in [-0.4, -0.2) is 38.3 Å². The minimum Gasteiger partial charge on any atom is -0.383 e. The highest BCUT2D eigenvalue weighted by Crippen LogP contribution is 2.07. The maximum Gasteiger partial charge on any atom is 0.0589 e. The van der Waals surface area contributed by atoms with Gasteiger partial charge in [-0.15, -0.1) is 0 Å². The molecule has 16 heavy (non-hydrogen) atoms. The van der Waals surface area contributed by atoms with Gasteiger partial charge in [-0.3, -0.25) is 0 Å². The first-order chi connectivity index (χ1) is 7.78. The minimum absolute atomic E-state index is 0.810. The second-order valence-electron chi connectivity index (χ2n) is 3.71. The topological polar surface area (TPSA) is 12.5 Å². The number of allylic oxidation sites excluding steroid dienone is 4. The average molecular weight is 223 g/mol. The first-order valence-corrected chi connectivity index (χ1v) is 5.93. The van der Waals surface area contributed by atoms with Gasteiger partial charge in [-0.05, 0) is 31.5 Å². The summed E-state index contributed by atoms with van der Waals surface area (Å²) in [6.45, 7) is 13.7. The van der Waals surface area contributed by atoms with E-state index in [1.165, 1.54) is 5.57 Å². The Balaban J connectivity index is 3.79. The number of rotatable bonds is 10. The molecule has 0 aromatic heterocycles. The Hall–Kier alpha value is -0.860. The van der Waals surface area contributed by atoms with Gasteiger partial charge in [0.1, 0.15) is 0 Å². The maximum absolute atomic E-state index is 5.08. The van der Waals surface area contributed by atoms with Gasteiger partial charge in [0, 0.05) is 13.7 Å². The van der Waals surface area contributed by atoms with E-state index >= 15 is 0 Å². The Morgan fingerprint density at radius 1 is 1.31 bits per heavy atom. The quantitative estimate of drug-likeness (QED) is 0.528. The summed E-state index contributed by atoms with van der Waals surface area (Å²) in [4.78, 5) is 2.40. The normalized spacial score (nSPS) is 11.8. The van der Waals surface area contributed by atoms with Crippen molar-refractivity contribution in [3.8, 4) is 0 Å². The summed E-state index contributed by atoms with van der Waals surface area (Å²) in [6, 6.07) is 0. The van der Waals surface area contributed by atoms with Gasteiger partial charge in [-0.2, -0.15) is 0 Å². The summed E-state index contributed by atoms with van der Waals surface area (Å²) in [5, 5.41) is 0. The summed E-state index contributed by atoms with van der Waals surface area (Å²) >= 11 is 0. The molecule has 2 heteroatoms. The summed E-state index contributed by atoms with van der Waals surface area (Å²) in [6.07, 6.45) is 7.98. The van der Waals surface area contributed by atoms with Gasteiger partial charge in [0.25, 0.3) is 0 Å². The molecule has 0 unspecified atom stereocenters. The molecule has 0 amide bonds. The van der Waals surface area contributed by atoms with E-state index in [-0.39, 0.29) is 0 Å². The molecular formula is C14H25NO. The Bertz CT molecular complexity index is 221. The van der Waals surface area contributed by atoms with Gasteiger partial charge in [0.15, 0.2) is 0 Å². The Morgan fingerprint density at radius 2 is 2.06 bits per heavy atom. The Labute approximate surface area is 100 Å². The van der Waals surface area contributed by atoms with E-state index in [0.29, 0.717) is 0 Å². The lowest BCUT2D eigenvalue weighted by Crippen LogP contribution is -2.28. The molecule has 92 valence electrons. The fourth-order valence-corrected chi connectivity index (χ4v) is 1.56. The predicted molar refractivity (Wildman–Crippen MR) is 71.7 cm³/mol. The van der Waals surface area contributed by atoms with Crippen molar-refractivity contribution in [3.63, 3.8) is 0 Å². The molecular weight excluding hydrogens is 198 g/mol. The van der Waals surface area contributed by atoms with Crippen LogP contribution >= 0.6 is 0 Å². The average Bonchev–Trinajstić information content (AvgIpc) is 2.32. The smallest absolute Gasteiger partial charge is 0.0589 e. The molecule has 0 bridgehead atoms. The number of ether oxygens (including phenoxy) is 1. The fourth-order valence-electron chi connectivity index (χ4n) is 1.56. The molecule has 0 fully saturated rings. The van der Waals surface area contributed by atoms with Gasteiger partial charge in [-0.25, -0.2) is 0 Å². The lowest BCUT2D eigenvalue weighted by molar-refractivity contribution is 0.150. The van der Waals surface area contributed by atoms with Crippen LogP contribution in [0.1, 0.15) is 19.8 Å². The third-order valence-corrected chi connectivity index (χ3v) is 2.59. The van der Waals surface area contributed by atoms with E-state index in [1.807, 2.05) is 18.2 Å². The van der Waals surface area contributed by atoms with Crippen molar-refractivity contribution >= 4 is 0 Å². The summed E-state index contributed by atoms with van der Waals surface area (Å²) in [5.74, 6) is 0. The molecule has 0 spiro atoms. The largest absolute Gasteiger partial charge is 0.383 e. The molecule has 0 aromatic rings. The van der Waals surface area contributed by atoms with E-state index in [9.17, 15) is 0 Å². The molecule has 0 aliphatic carbocycles. The lowest BCUT2D eigenvalue weighted by Gasteiger charge is -2.19. The van der Waals surface area contributed by atoms with Crippen molar-refractivity contribution in [1.29, 1.82) is 0 Å². The Kier molecular flexibility index (Phi) is 10.1. The number of likely N-dealkylation sites (N-methyl/N-ethyl adjacent to an activating group) is 1. The third kappa shape index (κ3) is 7.43. The molecule has 0 rings (SSSR count). The summed E-state index contributed by atoms with van der Waals surface area (Å²) in [7, 11) is 1.75. The molecule has 0 heterocycles. The fraction of sp³-hybridized carbons (Fsp3) is 0.571. The van der Waals surface area contributed by atoms with Crippen LogP contribution in [0, 0.1) is 0 Å². The maximum atomic E-state index is 5.08. The van der Waals surface area contributed by atoms with Crippen LogP contribution < -0.4 is 0 Å². The first-order valence-electron chi connectivity index (χ1n) is 5.93. The standard InChI is InChI=1S/C14H25NO/c1-5-9-14(6-2)10-8-11-15(7-3)12-13-16-4/h5-6,9H,1-2,7-8,10-13H2,3-4H3/b14-9+. The van der Waals surface area contributed by atoms with Gasteiger partial charge >= 0.3 is 0 Å². The highest BCUT2D eigenvalue weighted by Gasteiger charge is 2.01. The van der Waals surface area contributed by atoms with Crippen LogP contribution in [0.2, 0.25) is 0 Å². The molecule has 0 saturated carbocycles. The highest BCUT2D eigenvalue weighted by atomic mass is 16.5. The number of nitrogens with zero attached hydrogens (tertiary/aromatic N) is 1. The predicted octanol–water partition coefficient (Wildman–Crippen LogP) is 3.03. The van der Waals surface area contributed by atoms with E-state index in [1.54, 1.807) is 7.11 Å². The SMILES string of the molecule is C=C/C=C(\C=C)CCCN(CC)CCOC. The molecule has 0 atom stereocenters. The zero-order valence-electron chi connectivity index (χ0n) is 10.7. The summed E-state index contributed by atoms with van der Waals surface area (Å²) in [5.41, 5.74) is 1.26. The number of hydrogen-bond donors (Lipinski definition) is 0. The van der Waals surface area contributed by atoms with Crippen molar-refractivity contribution in [2.24, 2.45) is 0 Å². The van der Waals surface area contributed by atoms with Crippen LogP contribution in [0.3, 0.4) is 0 Å². The van der Waals surface area contributed by atoms with E-state index < -0.39 is 0 Å². The molecule has 2 nitrogen and oxygen atoms in total. The second kappa shape index (κ2) is 10.7. The van der Waals surface area contributed by atoms with Crippen LogP contribution in [0.15, 0.2) is 37.0 Å². The van der Waals surface area contributed by atoms with Gasteiger partial charge in [-0.1, -0.05) is 38.3 Å². The zero-order chi connectivity index (χ0) is 12.2. The third-order valence-electron chi connectivity index (χ3n) is 2.59. The van der Waals surface area contributed by atoms with E-state index in [2.05, 4.69) is 25.0 Å². The highest BCUT2D eigenvalue weighted by molar-refractivity contribution is 5.20. The number of hydrogen-bond acceptors (Lipinski definition) is 2. The second-order valence-corrected chi connectivity index (χ2v) is 3.71. The van der Waals surface area contributed by atoms with Gasteiger partial charge in [0.2, 0.25) is 0 Å². The van der Waals surface area contributed by atoms with Gasteiger partial charge < -0.3 is 9.64 Å². The summed E-state index contributed by atoms with van der Waals surface area (Å²) < 4.78 is 5.08. The molecule has 0 radical (unpaired) electrons. The first kappa shape index (κ1) is 15.1. The van der Waals surface area contributed by atoms with Crippen molar-refractivity contribution in [2.45, 2.75) is 19.8 Å². The number of methoxy groups -OCH3 is 1. The lowest BCUT2D eigenvalue weighted by atomic mass is 10.1. The van der Waals surface area contributed by atoms with Crippen LogP contribution in [0.25, 0.3) is 0 Å². The van der Waals surface area contributed by atoms with Crippen molar-refractivity contribution in [3.05, 3.63) is 37.0 Å². The van der Waals surface area contributed by atoms with Crippen molar-refractivity contribution < 1.29 is 4.74 Å². The minimum atomic E-state index is 0.810. The van der Waals surface area contributed by atoms with E-state index in [4.69, 9.17) is 4.74 Å². The molecule has 0 saturated heterocycles. The molecule has 0 aromatic carbocycles. The van der Waals surface area contributed by atoms with Crippen molar-refractivity contribution in [2.75, 3.05) is 33.4 Å². The van der Waals surface area contributed by atoms with Crippen LogP contribution in [0.4, 0.5) is 0 Å². The Morgan fingerprint density at radius 3 is 2.56 bits per heavy atom. The van der Waals surface area contributed by atoms with Crippen LogP contribution in [-0.2, 0) is 4.74 Å². The molecule has 0 N–H and O–H groups in total. The molecule has 0 aliphatic rings. The zero-order valence-corrected chi connectivity index (χ0v) is 10.7. The van der Waals surface area contributed by atoms with E-state index in [0.717, 1.165) is 39.1 Å². The van der Waals surface area contributed by atoms with Crippen LogP contribution in [0.5, 0.6) is 0 Å². The molecule has 0 aliphatic heterocycles. The van der Waals surface area contributed by atoms with Crippen molar-refractivity contribution in [1.82, 2.24) is 4.90 Å².